The summed E-state index contributed by atoms with van der Waals surface area (Å²) >= 11 is 0. The number of amides is 4. The largest absolute Gasteiger partial charge is 0.396 e. The molecule has 0 spiro atoms. The smallest absolute Gasteiger partial charge is 0.233 e. The summed E-state index contributed by atoms with van der Waals surface area (Å²) in [5.74, 6) is -0.376. The van der Waals surface area contributed by atoms with Gasteiger partial charge in [-0.2, -0.15) is 0 Å². The highest BCUT2D eigenvalue weighted by Crippen LogP contribution is 2.52. The van der Waals surface area contributed by atoms with Crippen molar-refractivity contribution in [2.75, 3.05) is 72.5 Å². The molecule has 2 aliphatic carbocycles. The number of hydrogen-bond donors (Lipinski definition) is 3. The highest BCUT2D eigenvalue weighted by molar-refractivity contribution is 6.06. The van der Waals surface area contributed by atoms with Crippen molar-refractivity contribution in [2.24, 2.45) is 23.7 Å². The van der Waals surface area contributed by atoms with Gasteiger partial charge in [-0.25, -0.2) is 4.68 Å². The molecule has 4 rings (SSSR count). The first-order valence-corrected chi connectivity index (χ1v) is 16.8. The van der Waals surface area contributed by atoms with Crippen LogP contribution < -0.4 is 5.32 Å². The summed E-state index contributed by atoms with van der Waals surface area (Å²) in [6.07, 6.45) is 9.62. The van der Waals surface area contributed by atoms with Crippen LogP contribution >= 0.6 is 0 Å². The highest BCUT2D eigenvalue weighted by atomic mass is 16.5. The number of hydrogen-bond acceptors (Lipinski definition) is 11. The molecule has 15 nitrogen and oxygen atoms in total. The van der Waals surface area contributed by atoms with Crippen LogP contribution in [0.5, 0.6) is 0 Å². The zero-order chi connectivity index (χ0) is 33.4. The van der Waals surface area contributed by atoms with Crippen molar-refractivity contribution >= 4 is 23.6 Å². The van der Waals surface area contributed by atoms with Crippen molar-refractivity contribution in [1.82, 2.24) is 30.1 Å². The summed E-state index contributed by atoms with van der Waals surface area (Å²) in [5, 5.41) is 28.7. The molecule has 0 aromatic carbocycles. The number of carbonyl (C=O) groups is 4. The molecule has 3 aliphatic rings. The van der Waals surface area contributed by atoms with E-state index in [1.54, 1.807) is 15.8 Å². The van der Waals surface area contributed by atoms with E-state index in [1.807, 2.05) is 0 Å². The topological polar surface area (TPSA) is 186 Å². The number of likely N-dealkylation sites (tertiary alicyclic amines) is 1. The second-order valence-corrected chi connectivity index (χ2v) is 12.2. The molecule has 47 heavy (non-hydrogen) atoms. The van der Waals surface area contributed by atoms with Crippen molar-refractivity contribution in [3.8, 4) is 0 Å². The summed E-state index contributed by atoms with van der Waals surface area (Å²) in [5.41, 5.74) is 0.588. The van der Waals surface area contributed by atoms with Gasteiger partial charge in [0.15, 0.2) is 0 Å². The maximum absolute atomic E-state index is 13.3. The number of fused-ring (bicyclic) bond motifs is 5. The minimum absolute atomic E-state index is 0.0135. The fraction of sp³-hybridized carbons (Fsp3) is 0.750. The maximum Gasteiger partial charge on any atom is 0.233 e. The van der Waals surface area contributed by atoms with Crippen molar-refractivity contribution in [3.05, 3.63) is 24.0 Å². The van der Waals surface area contributed by atoms with Crippen molar-refractivity contribution < 1.29 is 43.6 Å². The van der Waals surface area contributed by atoms with E-state index in [1.165, 1.54) is 4.90 Å². The van der Waals surface area contributed by atoms with E-state index in [0.29, 0.717) is 90.7 Å². The Kier molecular flexibility index (Phi) is 15.2. The Labute approximate surface area is 275 Å². The molecular formula is C32H50N6O9. The third kappa shape index (κ3) is 10.9. The van der Waals surface area contributed by atoms with Gasteiger partial charge in [-0.05, 0) is 37.5 Å². The fourth-order valence-corrected chi connectivity index (χ4v) is 6.47. The third-order valence-corrected chi connectivity index (χ3v) is 8.84. The lowest BCUT2D eigenvalue weighted by atomic mass is 9.85. The monoisotopic (exact) mass is 662 g/mol. The van der Waals surface area contributed by atoms with Crippen LogP contribution in [-0.2, 0) is 46.5 Å². The summed E-state index contributed by atoms with van der Waals surface area (Å²) in [4.78, 5) is 54.4. The molecule has 262 valence electrons. The predicted octanol–water partition coefficient (Wildman–Crippen LogP) is -0.0950. The van der Waals surface area contributed by atoms with E-state index in [2.05, 4.69) is 27.8 Å². The van der Waals surface area contributed by atoms with E-state index >= 15 is 0 Å². The van der Waals surface area contributed by atoms with Gasteiger partial charge < -0.3 is 34.6 Å². The van der Waals surface area contributed by atoms with Crippen molar-refractivity contribution in [3.63, 3.8) is 0 Å². The predicted molar refractivity (Wildman–Crippen MR) is 167 cm³/mol. The third-order valence-electron chi connectivity index (χ3n) is 8.84. The lowest BCUT2D eigenvalue weighted by Gasteiger charge is -2.22. The Bertz CT molecular complexity index is 1160. The van der Waals surface area contributed by atoms with Gasteiger partial charge in [0.1, 0.15) is 5.69 Å². The Morgan fingerprint density at radius 2 is 1.53 bits per heavy atom. The number of unbranched alkanes of at least 4 members (excludes halogenated alkanes) is 2. The highest BCUT2D eigenvalue weighted by Gasteiger charge is 2.58. The molecule has 0 unspecified atom stereocenters. The number of nitrogens with one attached hydrogen (secondary N) is 1. The van der Waals surface area contributed by atoms with Gasteiger partial charge in [0, 0.05) is 39.1 Å². The van der Waals surface area contributed by atoms with Crippen LogP contribution in [0.25, 0.3) is 0 Å². The number of carbonyl (C=O) groups excluding carboxylic acids is 4. The normalized spacial score (nSPS) is 21.2. The van der Waals surface area contributed by atoms with Gasteiger partial charge >= 0.3 is 0 Å². The molecule has 0 radical (unpaired) electrons. The minimum Gasteiger partial charge on any atom is -0.396 e. The van der Waals surface area contributed by atoms with Gasteiger partial charge in [0.2, 0.25) is 23.6 Å². The van der Waals surface area contributed by atoms with Crippen LogP contribution in [0.1, 0.15) is 50.6 Å². The molecule has 4 amide bonds. The first-order chi connectivity index (χ1) is 22.9. The molecule has 1 aliphatic heterocycles. The zero-order valence-electron chi connectivity index (χ0n) is 27.2. The van der Waals surface area contributed by atoms with Gasteiger partial charge in [0.25, 0.3) is 0 Å². The van der Waals surface area contributed by atoms with E-state index < -0.39 is 0 Å². The molecule has 2 bridgehead atoms. The summed E-state index contributed by atoms with van der Waals surface area (Å²) in [6, 6.07) is 0. The molecule has 1 aromatic heterocycles. The first-order valence-electron chi connectivity index (χ1n) is 16.8. The minimum atomic E-state index is -0.202. The van der Waals surface area contributed by atoms with Crippen LogP contribution in [0.2, 0.25) is 0 Å². The van der Waals surface area contributed by atoms with Gasteiger partial charge in [-0.3, -0.25) is 24.1 Å². The van der Waals surface area contributed by atoms with Gasteiger partial charge in [-0.15, -0.1) is 5.10 Å². The molecule has 15 heteroatoms. The second-order valence-electron chi connectivity index (χ2n) is 12.2. The Morgan fingerprint density at radius 1 is 0.851 bits per heavy atom. The van der Waals surface area contributed by atoms with E-state index in [9.17, 15) is 19.2 Å². The Balaban J connectivity index is 1.17. The number of nitrogens with zero attached hydrogens (tertiary/aromatic N) is 5. The van der Waals surface area contributed by atoms with Crippen LogP contribution in [0.3, 0.4) is 0 Å². The van der Waals surface area contributed by atoms with Crippen LogP contribution in [0.4, 0.5) is 0 Å². The number of aliphatic hydroxyl groups excluding tert-OH is 2. The zero-order valence-corrected chi connectivity index (χ0v) is 27.2. The standard InChI is InChI=1S/C32H50N6O9/c39-13-4-9-33-27(41)8-11-36(22-26-23-37(35-34-26)12-15-45-17-19-47-20-18-46-16-14-40)28(42)5-2-1-3-10-38-31(43)29-24-6-7-25(21-24)30(29)32(38)44/h6-7,23-25,29-30,39-40H,1-5,8-22H2,(H,33,41)/t24-,25+,29+,30-. The molecule has 1 saturated carbocycles. The Morgan fingerprint density at radius 3 is 2.21 bits per heavy atom. The molecule has 2 fully saturated rings. The number of ether oxygens (including phenoxy) is 3. The fourth-order valence-electron chi connectivity index (χ4n) is 6.47. The van der Waals surface area contributed by atoms with Gasteiger partial charge in [0.05, 0.1) is 77.4 Å². The molecular weight excluding hydrogens is 612 g/mol. The SMILES string of the molecule is O=C(CCN(Cc1cn(CCOCCOCCOCCO)nn1)C(=O)CCCCCN1C(=O)[C@@H]2[C@H](C1=O)[C@H]1C=C[C@@H]2C1)NCCCO. The lowest BCUT2D eigenvalue weighted by molar-refractivity contribution is -0.141. The molecule has 1 saturated heterocycles. The number of rotatable bonds is 25. The average molecular weight is 663 g/mol. The molecule has 2 heterocycles. The van der Waals surface area contributed by atoms with E-state index in [0.717, 1.165) is 6.42 Å². The van der Waals surface area contributed by atoms with Crippen LogP contribution in [0.15, 0.2) is 18.3 Å². The van der Waals surface area contributed by atoms with E-state index in [-0.39, 0.29) is 86.4 Å². The summed E-state index contributed by atoms with van der Waals surface area (Å²) in [6.45, 7) is 3.97. The van der Waals surface area contributed by atoms with E-state index in [4.69, 9.17) is 24.4 Å². The molecule has 4 atom stereocenters. The van der Waals surface area contributed by atoms with Crippen molar-refractivity contribution in [1.29, 1.82) is 0 Å². The molecule has 1 aromatic rings. The second kappa shape index (κ2) is 19.5. The number of imide groups is 1. The van der Waals surface area contributed by atoms with Crippen molar-refractivity contribution in [2.45, 2.75) is 58.0 Å². The number of aromatic nitrogens is 3. The van der Waals surface area contributed by atoms with Crippen LogP contribution in [0, 0.1) is 23.7 Å². The van der Waals surface area contributed by atoms with Gasteiger partial charge in [-0.1, -0.05) is 23.8 Å². The quantitative estimate of drug-likeness (QED) is 0.0722. The first kappa shape index (κ1) is 36.6. The molecule has 3 N–H and O–H groups in total. The average Bonchev–Trinajstić information content (AvgIpc) is 3.85. The number of allylic oxidation sites excluding steroid dienone is 2. The van der Waals surface area contributed by atoms with Crippen LogP contribution in [-0.4, -0.2) is 131 Å². The maximum atomic E-state index is 13.3. The summed E-state index contributed by atoms with van der Waals surface area (Å²) < 4.78 is 17.7. The Hall–Kier alpha value is -3.24. The lowest BCUT2D eigenvalue weighted by Crippen LogP contribution is -2.35. The summed E-state index contributed by atoms with van der Waals surface area (Å²) in [7, 11) is 0. The number of aliphatic hydroxyl groups is 2.